The number of carbonyl (C=O) groups excluding carboxylic acids is 1. The highest BCUT2D eigenvalue weighted by Crippen LogP contribution is 2.27. The van der Waals surface area contributed by atoms with Crippen molar-refractivity contribution < 1.29 is 13.9 Å². The molecule has 10 heteroatoms. The number of hydrogen-bond donors (Lipinski definition) is 0. The summed E-state index contributed by atoms with van der Waals surface area (Å²) in [6.45, 7) is 7.20. The van der Waals surface area contributed by atoms with Crippen LogP contribution in [0.2, 0.25) is 5.02 Å². The second-order valence-electron chi connectivity index (χ2n) is 7.10. The van der Waals surface area contributed by atoms with Gasteiger partial charge in [-0.1, -0.05) is 25.4 Å². The average Bonchev–Trinajstić information content (AvgIpc) is 2.98. The summed E-state index contributed by atoms with van der Waals surface area (Å²) in [6, 6.07) is 2.34. The van der Waals surface area contributed by atoms with Gasteiger partial charge in [0.15, 0.2) is 0 Å². The quantitative estimate of drug-likeness (QED) is 0.607. The molecule has 0 saturated carbocycles. The SMILES string of the molecule is CC(CSC(C)C)OC(=O)c1cc(/N=c2/sc(=O)n3n2CCCC3)c(F)cc1Cl. The number of esters is 1. The van der Waals surface area contributed by atoms with Crippen molar-refractivity contribution in [2.45, 2.75) is 58.1 Å². The van der Waals surface area contributed by atoms with Gasteiger partial charge in [-0.05, 0) is 48.5 Å². The summed E-state index contributed by atoms with van der Waals surface area (Å²) in [7, 11) is 0. The van der Waals surface area contributed by atoms with Gasteiger partial charge in [0.1, 0.15) is 17.6 Å². The molecule has 1 aliphatic heterocycles. The molecule has 1 atom stereocenters. The first-order valence-electron chi connectivity index (χ1n) is 9.43. The summed E-state index contributed by atoms with van der Waals surface area (Å²) >= 11 is 8.72. The van der Waals surface area contributed by atoms with Gasteiger partial charge in [-0.2, -0.15) is 11.8 Å². The molecule has 6 nitrogen and oxygen atoms in total. The van der Waals surface area contributed by atoms with Gasteiger partial charge < -0.3 is 4.74 Å². The summed E-state index contributed by atoms with van der Waals surface area (Å²) in [5.74, 6) is -0.630. The fourth-order valence-corrected chi connectivity index (χ4v) is 4.75. The number of carbonyl (C=O) groups is 1. The molecule has 29 heavy (non-hydrogen) atoms. The first-order valence-corrected chi connectivity index (χ1v) is 11.7. The Morgan fingerprint density at radius 1 is 1.31 bits per heavy atom. The van der Waals surface area contributed by atoms with Crippen LogP contribution >= 0.6 is 34.7 Å². The van der Waals surface area contributed by atoms with E-state index in [0.717, 1.165) is 30.2 Å². The lowest BCUT2D eigenvalue weighted by Crippen LogP contribution is -2.31. The molecule has 0 radical (unpaired) electrons. The van der Waals surface area contributed by atoms with E-state index >= 15 is 0 Å². The average molecular weight is 460 g/mol. The van der Waals surface area contributed by atoms with E-state index in [1.165, 1.54) is 6.07 Å². The van der Waals surface area contributed by atoms with Crippen molar-refractivity contribution in [2.75, 3.05) is 5.75 Å². The molecule has 2 aromatic rings. The molecular formula is C19H23ClFN3O3S2. The van der Waals surface area contributed by atoms with Crippen molar-refractivity contribution in [2.24, 2.45) is 4.99 Å². The lowest BCUT2D eigenvalue weighted by molar-refractivity contribution is 0.0386. The van der Waals surface area contributed by atoms with Gasteiger partial charge in [-0.25, -0.2) is 18.9 Å². The predicted octanol–water partition coefficient (Wildman–Crippen LogP) is 4.22. The zero-order valence-electron chi connectivity index (χ0n) is 16.5. The van der Waals surface area contributed by atoms with Crippen LogP contribution in [0.4, 0.5) is 10.1 Å². The van der Waals surface area contributed by atoms with E-state index < -0.39 is 11.8 Å². The van der Waals surface area contributed by atoms with Crippen LogP contribution in [0.1, 0.15) is 44.0 Å². The van der Waals surface area contributed by atoms with Gasteiger partial charge in [0.05, 0.1) is 10.6 Å². The maximum atomic E-state index is 14.5. The Labute approximate surface area is 181 Å². The first kappa shape index (κ1) is 22.1. The van der Waals surface area contributed by atoms with E-state index in [1.54, 1.807) is 28.0 Å². The second kappa shape index (κ2) is 9.49. The Bertz CT molecular complexity index is 1030. The maximum Gasteiger partial charge on any atom is 0.340 e. The Balaban J connectivity index is 1.91. The minimum absolute atomic E-state index is 0.0325. The minimum Gasteiger partial charge on any atom is -0.458 e. The predicted molar refractivity (Wildman–Crippen MR) is 115 cm³/mol. The molecule has 0 fully saturated rings. The third-order valence-electron chi connectivity index (χ3n) is 4.34. The molecule has 1 aromatic heterocycles. The number of thioether (sulfide) groups is 1. The number of fused-ring (bicyclic) bond motifs is 1. The van der Waals surface area contributed by atoms with Crippen LogP contribution in [-0.2, 0) is 17.8 Å². The van der Waals surface area contributed by atoms with Crippen LogP contribution in [-0.4, -0.2) is 32.4 Å². The van der Waals surface area contributed by atoms with Crippen molar-refractivity contribution in [1.82, 2.24) is 9.36 Å². The number of halogens is 2. The Morgan fingerprint density at radius 3 is 2.69 bits per heavy atom. The summed E-state index contributed by atoms with van der Waals surface area (Å²) in [5.41, 5.74) is 0.00641. The Hall–Kier alpha value is -1.58. The van der Waals surface area contributed by atoms with Crippen LogP contribution in [0.3, 0.4) is 0 Å². The van der Waals surface area contributed by atoms with Gasteiger partial charge in [0.25, 0.3) is 0 Å². The Kier molecular flexibility index (Phi) is 7.23. The normalized spacial score (nSPS) is 15.4. The number of rotatable bonds is 6. The number of ether oxygens (including phenoxy) is 1. The monoisotopic (exact) mass is 459 g/mol. The molecule has 0 saturated heterocycles. The molecule has 1 aliphatic rings. The van der Waals surface area contributed by atoms with Crippen LogP contribution in [0.5, 0.6) is 0 Å². The van der Waals surface area contributed by atoms with Crippen LogP contribution < -0.4 is 9.67 Å². The molecule has 158 valence electrons. The number of hydrogen-bond acceptors (Lipinski definition) is 6. The summed E-state index contributed by atoms with van der Waals surface area (Å²) in [5, 5.41) is 0.392. The summed E-state index contributed by atoms with van der Waals surface area (Å²) < 4.78 is 23.3. The van der Waals surface area contributed by atoms with E-state index in [4.69, 9.17) is 16.3 Å². The molecule has 0 aliphatic carbocycles. The number of aromatic nitrogens is 2. The zero-order chi connectivity index (χ0) is 21.1. The summed E-state index contributed by atoms with van der Waals surface area (Å²) in [6.07, 6.45) is 1.54. The molecule has 1 unspecified atom stereocenters. The number of benzene rings is 1. The standard InChI is InChI=1S/C19H23ClFN3O3S2/c1-11(2)28-10-12(3)27-17(25)13-8-16(15(21)9-14(13)20)22-18-23-6-4-5-7-24(23)19(26)29-18/h8-9,11-12H,4-7,10H2,1-3H3/b22-18+. The van der Waals surface area contributed by atoms with E-state index in [2.05, 4.69) is 18.8 Å². The molecule has 0 spiro atoms. The fourth-order valence-electron chi connectivity index (χ4n) is 2.91. The smallest absolute Gasteiger partial charge is 0.340 e. The molecule has 3 rings (SSSR count). The summed E-state index contributed by atoms with van der Waals surface area (Å²) in [4.78, 5) is 29.2. The highest BCUT2D eigenvalue weighted by atomic mass is 35.5. The second-order valence-corrected chi connectivity index (χ2v) is 10.0. The van der Waals surface area contributed by atoms with Gasteiger partial charge >= 0.3 is 10.8 Å². The molecule has 0 bridgehead atoms. The third kappa shape index (κ3) is 5.32. The molecule has 1 aromatic carbocycles. The topological polar surface area (TPSA) is 65.6 Å². The van der Waals surface area contributed by atoms with Crippen molar-refractivity contribution in [3.8, 4) is 0 Å². The van der Waals surface area contributed by atoms with Crippen molar-refractivity contribution in [3.63, 3.8) is 0 Å². The molecular weight excluding hydrogens is 437 g/mol. The largest absolute Gasteiger partial charge is 0.458 e. The lowest BCUT2D eigenvalue weighted by atomic mass is 10.2. The van der Waals surface area contributed by atoms with E-state index in [1.807, 2.05) is 0 Å². The first-order chi connectivity index (χ1) is 13.8. The van der Waals surface area contributed by atoms with Crippen LogP contribution in [0.25, 0.3) is 0 Å². The van der Waals surface area contributed by atoms with Crippen LogP contribution in [0.15, 0.2) is 21.9 Å². The van der Waals surface area contributed by atoms with Crippen molar-refractivity contribution in [1.29, 1.82) is 0 Å². The fraction of sp³-hybridized carbons (Fsp3) is 0.526. The van der Waals surface area contributed by atoms with Gasteiger partial charge in [0.2, 0.25) is 4.80 Å². The van der Waals surface area contributed by atoms with Crippen LogP contribution in [0, 0.1) is 5.82 Å². The van der Waals surface area contributed by atoms with Gasteiger partial charge in [-0.3, -0.25) is 9.48 Å². The highest BCUT2D eigenvalue weighted by Gasteiger charge is 2.20. The minimum atomic E-state index is -0.661. The maximum absolute atomic E-state index is 14.5. The van der Waals surface area contributed by atoms with E-state index in [-0.39, 0.29) is 27.3 Å². The van der Waals surface area contributed by atoms with Gasteiger partial charge in [-0.15, -0.1) is 0 Å². The highest BCUT2D eigenvalue weighted by molar-refractivity contribution is 7.99. The molecule has 0 amide bonds. The lowest BCUT2D eigenvalue weighted by Gasteiger charge is -2.16. The molecule has 2 heterocycles. The van der Waals surface area contributed by atoms with E-state index in [0.29, 0.717) is 28.9 Å². The van der Waals surface area contributed by atoms with E-state index in [9.17, 15) is 14.0 Å². The van der Waals surface area contributed by atoms with Gasteiger partial charge in [0, 0.05) is 18.8 Å². The van der Waals surface area contributed by atoms with Crippen molar-refractivity contribution >= 4 is 46.4 Å². The molecule has 0 N–H and O–H groups in total. The zero-order valence-corrected chi connectivity index (χ0v) is 18.9. The third-order valence-corrected chi connectivity index (χ3v) is 6.85. The number of nitrogens with zero attached hydrogens (tertiary/aromatic N) is 3. The Morgan fingerprint density at radius 2 is 2.00 bits per heavy atom. The van der Waals surface area contributed by atoms with Crippen molar-refractivity contribution in [3.05, 3.63) is 43.0 Å².